The molecule has 1 N–H and O–H groups in total. The number of aromatic nitrogens is 2. The van der Waals surface area contributed by atoms with Gasteiger partial charge in [-0.05, 0) is 43.7 Å². The molecule has 3 rings (SSSR count). The van der Waals surface area contributed by atoms with Gasteiger partial charge < -0.3 is 5.32 Å². The van der Waals surface area contributed by atoms with Crippen LogP contribution in [-0.2, 0) is 11.3 Å². The average Bonchev–Trinajstić information content (AvgIpc) is 2.56. The van der Waals surface area contributed by atoms with Crippen LogP contribution in [0, 0.1) is 13.8 Å². The zero-order valence-corrected chi connectivity index (χ0v) is 14.9. The lowest BCUT2D eigenvalue weighted by Gasteiger charge is -2.10. The maximum atomic E-state index is 12.5. The Morgan fingerprint density at radius 1 is 1.17 bits per heavy atom. The van der Waals surface area contributed by atoms with E-state index >= 15 is 0 Å². The maximum Gasteiger partial charge on any atom is 0.275 e. The van der Waals surface area contributed by atoms with Gasteiger partial charge in [0.2, 0.25) is 5.91 Å². The summed E-state index contributed by atoms with van der Waals surface area (Å²) in [5, 5.41) is 8.42. The van der Waals surface area contributed by atoms with Crippen molar-refractivity contribution in [3.8, 4) is 0 Å². The van der Waals surface area contributed by atoms with Crippen LogP contribution in [0.25, 0.3) is 10.8 Å². The molecule has 6 heteroatoms. The zero-order chi connectivity index (χ0) is 17.3. The van der Waals surface area contributed by atoms with Crippen LogP contribution in [0.15, 0.2) is 51.7 Å². The third-order valence-corrected chi connectivity index (χ3v) is 4.68. The Hall–Kier alpha value is -2.47. The molecular weight excluding hydrogens is 370 g/mol. The number of anilines is 1. The Labute approximate surface area is 147 Å². The van der Waals surface area contributed by atoms with E-state index in [-0.39, 0.29) is 18.0 Å². The Morgan fingerprint density at radius 3 is 2.58 bits per heavy atom. The van der Waals surface area contributed by atoms with Crippen LogP contribution in [-0.4, -0.2) is 15.7 Å². The first-order chi connectivity index (χ1) is 11.5. The van der Waals surface area contributed by atoms with Crippen LogP contribution in [0.4, 0.5) is 5.69 Å². The molecule has 0 saturated heterocycles. The molecule has 0 aliphatic rings. The number of hydrogen-bond acceptors (Lipinski definition) is 3. The van der Waals surface area contributed by atoms with Crippen molar-refractivity contribution in [2.75, 3.05) is 5.32 Å². The number of nitrogens with one attached hydrogen (secondary N) is 1. The van der Waals surface area contributed by atoms with Crippen molar-refractivity contribution in [2.45, 2.75) is 20.4 Å². The summed E-state index contributed by atoms with van der Waals surface area (Å²) >= 11 is 3.42. The van der Waals surface area contributed by atoms with Crippen molar-refractivity contribution in [2.24, 2.45) is 0 Å². The van der Waals surface area contributed by atoms with Crippen molar-refractivity contribution >= 4 is 38.3 Å². The van der Waals surface area contributed by atoms with Gasteiger partial charge in [0, 0.05) is 15.5 Å². The second-order valence-electron chi connectivity index (χ2n) is 5.61. The molecule has 24 heavy (non-hydrogen) atoms. The van der Waals surface area contributed by atoms with Crippen molar-refractivity contribution in [1.82, 2.24) is 9.78 Å². The maximum absolute atomic E-state index is 12.5. The van der Waals surface area contributed by atoms with Gasteiger partial charge in [0.15, 0.2) is 0 Å². The van der Waals surface area contributed by atoms with E-state index in [4.69, 9.17) is 0 Å². The molecule has 0 aliphatic heterocycles. The number of aryl methyl sites for hydroxylation is 2. The number of amides is 1. The summed E-state index contributed by atoms with van der Waals surface area (Å²) in [7, 11) is 0. The van der Waals surface area contributed by atoms with E-state index in [1.54, 1.807) is 18.2 Å². The molecule has 2 aromatic carbocycles. The summed E-state index contributed by atoms with van der Waals surface area (Å²) in [6.45, 7) is 3.65. The molecule has 0 radical (unpaired) electrons. The summed E-state index contributed by atoms with van der Waals surface area (Å²) in [5.41, 5.74) is 2.16. The molecule has 0 unspecified atom stereocenters. The molecule has 122 valence electrons. The smallest absolute Gasteiger partial charge is 0.275 e. The average molecular weight is 386 g/mol. The lowest BCUT2D eigenvalue weighted by Crippen LogP contribution is -2.30. The number of halogens is 1. The summed E-state index contributed by atoms with van der Waals surface area (Å²) in [6, 6.07) is 12.8. The van der Waals surface area contributed by atoms with E-state index in [0.29, 0.717) is 11.1 Å². The highest BCUT2D eigenvalue weighted by atomic mass is 79.9. The van der Waals surface area contributed by atoms with E-state index in [1.165, 1.54) is 4.68 Å². The van der Waals surface area contributed by atoms with Crippen molar-refractivity contribution in [3.63, 3.8) is 0 Å². The Morgan fingerprint density at radius 2 is 1.88 bits per heavy atom. The molecule has 0 fully saturated rings. The van der Waals surface area contributed by atoms with E-state index < -0.39 is 0 Å². The topological polar surface area (TPSA) is 64.0 Å². The van der Waals surface area contributed by atoms with E-state index in [1.807, 2.05) is 38.1 Å². The van der Waals surface area contributed by atoms with Gasteiger partial charge >= 0.3 is 0 Å². The van der Waals surface area contributed by atoms with Crippen LogP contribution in [0.5, 0.6) is 0 Å². The molecular formula is C18H16BrN3O2. The summed E-state index contributed by atoms with van der Waals surface area (Å²) < 4.78 is 2.18. The minimum Gasteiger partial charge on any atom is -0.324 e. The number of hydrogen-bond donors (Lipinski definition) is 1. The van der Waals surface area contributed by atoms with Crippen molar-refractivity contribution in [3.05, 3.63) is 68.5 Å². The lowest BCUT2D eigenvalue weighted by atomic mass is 10.1. The minimum atomic E-state index is -0.291. The molecule has 0 atom stereocenters. The molecule has 5 nitrogen and oxygen atoms in total. The Balaban J connectivity index is 1.86. The van der Waals surface area contributed by atoms with Crippen LogP contribution < -0.4 is 10.9 Å². The summed E-state index contributed by atoms with van der Waals surface area (Å²) in [6.07, 6.45) is 0. The Bertz CT molecular complexity index is 995. The van der Waals surface area contributed by atoms with Crippen LogP contribution >= 0.6 is 15.9 Å². The third kappa shape index (κ3) is 3.23. The number of carbonyl (C=O) groups excluding carboxylic acids is 1. The first-order valence-corrected chi connectivity index (χ1v) is 8.27. The molecule has 0 bridgehead atoms. The van der Waals surface area contributed by atoms with Gasteiger partial charge in [-0.15, -0.1) is 0 Å². The largest absolute Gasteiger partial charge is 0.324 e. The van der Waals surface area contributed by atoms with Crippen molar-refractivity contribution < 1.29 is 4.79 Å². The normalized spacial score (nSPS) is 10.8. The quantitative estimate of drug-likeness (QED) is 0.751. The predicted molar refractivity (Wildman–Crippen MR) is 98.2 cm³/mol. The number of fused-ring (bicyclic) bond motifs is 1. The molecule has 3 aromatic rings. The highest BCUT2D eigenvalue weighted by Crippen LogP contribution is 2.20. The fraction of sp³-hybridized carbons (Fsp3) is 0.167. The second kappa shape index (κ2) is 6.57. The standard InChI is InChI=1S/C18H16BrN3O2/c1-11-9-13(7-8-16(11)19)20-17(23)10-22-18(24)15-6-4-3-5-14(15)12(2)21-22/h3-9H,10H2,1-2H3,(H,20,23). The lowest BCUT2D eigenvalue weighted by molar-refractivity contribution is -0.117. The van der Waals surface area contributed by atoms with E-state index in [9.17, 15) is 9.59 Å². The number of carbonyl (C=O) groups is 1. The highest BCUT2D eigenvalue weighted by molar-refractivity contribution is 9.10. The number of benzene rings is 2. The van der Waals surface area contributed by atoms with E-state index in [2.05, 4.69) is 26.3 Å². The summed E-state index contributed by atoms with van der Waals surface area (Å²) in [5.74, 6) is -0.291. The van der Waals surface area contributed by atoms with Gasteiger partial charge in [-0.1, -0.05) is 34.1 Å². The van der Waals surface area contributed by atoms with Gasteiger partial charge in [0.1, 0.15) is 6.54 Å². The highest BCUT2D eigenvalue weighted by Gasteiger charge is 2.11. The molecule has 0 saturated carbocycles. The zero-order valence-electron chi connectivity index (χ0n) is 13.3. The first kappa shape index (κ1) is 16.4. The van der Waals surface area contributed by atoms with Gasteiger partial charge in [0.25, 0.3) is 5.56 Å². The fourth-order valence-electron chi connectivity index (χ4n) is 2.57. The van der Waals surface area contributed by atoms with Crippen LogP contribution in [0.1, 0.15) is 11.3 Å². The van der Waals surface area contributed by atoms with Gasteiger partial charge in [-0.3, -0.25) is 9.59 Å². The third-order valence-electron chi connectivity index (χ3n) is 3.79. The van der Waals surface area contributed by atoms with Crippen LogP contribution in [0.2, 0.25) is 0 Å². The molecule has 1 heterocycles. The predicted octanol–water partition coefficient (Wildman–Crippen LogP) is 3.41. The van der Waals surface area contributed by atoms with Gasteiger partial charge in [-0.2, -0.15) is 5.10 Å². The fourth-order valence-corrected chi connectivity index (χ4v) is 2.82. The molecule has 1 aromatic heterocycles. The van der Waals surface area contributed by atoms with Gasteiger partial charge in [-0.25, -0.2) is 4.68 Å². The van der Waals surface area contributed by atoms with Crippen LogP contribution in [0.3, 0.4) is 0 Å². The second-order valence-corrected chi connectivity index (χ2v) is 6.46. The van der Waals surface area contributed by atoms with E-state index in [0.717, 1.165) is 21.1 Å². The Kier molecular flexibility index (Phi) is 4.49. The number of rotatable bonds is 3. The molecule has 0 spiro atoms. The monoisotopic (exact) mass is 385 g/mol. The van der Waals surface area contributed by atoms with Gasteiger partial charge in [0.05, 0.1) is 11.1 Å². The molecule has 1 amide bonds. The van der Waals surface area contributed by atoms with Crippen molar-refractivity contribution in [1.29, 1.82) is 0 Å². The minimum absolute atomic E-state index is 0.125. The summed E-state index contributed by atoms with van der Waals surface area (Å²) in [4.78, 5) is 24.7. The SMILES string of the molecule is Cc1cc(NC(=O)Cn2nc(C)c3ccccc3c2=O)ccc1Br. The number of nitrogens with zero attached hydrogens (tertiary/aromatic N) is 2. The molecule has 0 aliphatic carbocycles. The first-order valence-electron chi connectivity index (χ1n) is 7.48.